The number of thiol groups is 1. The Morgan fingerprint density at radius 1 is 1.36 bits per heavy atom. The summed E-state index contributed by atoms with van der Waals surface area (Å²) < 4.78 is 4.81. The first-order valence-corrected chi connectivity index (χ1v) is 4.59. The summed E-state index contributed by atoms with van der Waals surface area (Å²) in [5, 5.41) is -0.449. The molecule has 0 aromatic heterocycles. The number of carbonyl (C=O) groups excluding carboxylic acids is 1. The minimum Gasteiger partial charge on any atom is -0.457 e. The van der Waals surface area contributed by atoms with Gasteiger partial charge in [-0.05, 0) is 18.8 Å². The third-order valence-electron chi connectivity index (χ3n) is 2.17. The lowest BCUT2D eigenvalue weighted by molar-refractivity contribution is 0.140. The van der Waals surface area contributed by atoms with Crippen LogP contribution in [0, 0.1) is 5.92 Å². The van der Waals surface area contributed by atoms with Gasteiger partial charge in [-0.3, -0.25) is 0 Å². The summed E-state index contributed by atoms with van der Waals surface area (Å²) >= 11 is 3.54. The zero-order valence-corrected chi connectivity index (χ0v) is 7.48. The van der Waals surface area contributed by atoms with Crippen molar-refractivity contribution in [2.75, 3.05) is 6.61 Å². The SMILES string of the molecule is O=C(S)OCC1CCCCC1. The van der Waals surface area contributed by atoms with Gasteiger partial charge in [-0.2, -0.15) is 0 Å². The van der Waals surface area contributed by atoms with Crippen LogP contribution in [-0.2, 0) is 4.74 Å². The van der Waals surface area contributed by atoms with Gasteiger partial charge in [0.15, 0.2) is 0 Å². The van der Waals surface area contributed by atoms with Crippen molar-refractivity contribution in [1.29, 1.82) is 0 Å². The van der Waals surface area contributed by atoms with E-state index in [2.05, 4.69) is 12.6 Å². The molecule has 0 heterocycles. The second-order valence-electron chi connectivity index (χ2n) is 3.08. The summed E-state index contributed by atoms with van der Waals surface area (Å²) in [6.07, 6.45) is 6.33. The standard InChI is InChI=1S/C8H14O2S/c9-8(11)10-6-7-4-2-1-3-5-7/h7H,1-6H2,(H,9,11). The highest BCUT2D eigenvalue weighted by molar-refractivity contribution is 7.96. The van der Waals surface area contributed by atoms with Crippen molar-refractivity contribution in [3.05, 3.63) is 0 Å². The Balaban J connectivity index is 2.09. The van der Waals surface area contributed by atoms with E-state index in [9.17, 15) is 4.79 Å². The summed E-state index contributed by atoms with van der Waals surface area (Å²) in [6.45, 7) is 0.572. The van der Waals surface area contributed by atoms with Crippen LogP contribution < -0.4 is 0 Å². The van der Waals surface area contributed by atoms with E-state index in [1.54, 1.807) is 0 Å². The van der Waals surface area contributed by atoms with E-state index in [-0.39, 0.29) is 0 Å². The van der Waals surface area contributed by atoms with Gasteiger partial charge in [0.1, 0.15) is 0 Å². The van der Waals surface area contributed by atoms with Crippen molar-refractivity contribution < 1.29 is 9.53 Å². The molecule has 0 aliphatic heterocycles. The Bertz CT molecular complexity index is 130. The highest BCUT2D eigenvalue weighted by atomic mass is 32.1. The molecule has 1 fully saturated rings. The first-order chi connectivity index (χ1) is 5.29. The van der Waals surface area contributed by atoms with E-state index in [1.165, 1.54) is 32.1 Å². The van der Waals surface area contributed by atoms with E-state index in [4.69, 9.17) is 4.74 Å². The third kappa shape index (κ3) is 3.65. The maximum absolute atomic E-state index is 10.3. The van der Waals surface area contributed by atoms with Crippen LogP contribution in [0.1, 0.15) is 32.1 Å². The first-order valence-electron chi connectivity index (χ1n) is 4.15. The zero-order valence-electron chi connectivity index (χ0n) is 6.58. The Kier molecular flexibility index (Phi) is 3.77. The summed E-state index contributed by atoms with van der Waals surface area (Å²) in [5.41, 5.74) is 0. The highest BCUT2D eigenvalue weighted by Crippen LogP contribution is 2.23. The average Bonchev–Trinajstić information content (AvgIpc) is 2.03. The van der Waals surface area contributed by atoms with Crippen LogP contribution in [-0.4, -0.2) is 11.9 Å². The smallest absolute Gasteiger partial charge is 0.364 e. The molecule has 1 aliphatic rings. The lowest BCUT2D eigenvalue weighted by atomic mass is 9.90. The molecule has 0 bridgehead atoms. The third-order valence-corrected chi connectivity index (χ3v) is 2.30. The quantitative estimate of drug-likeness (QED) is 0.514. The monoisotopic (exact) mass is 174 g/mol. The molecule has 2 nitrogen and oxygen atoms in total. The van der Waals surface area contributed by atoms with Gasteiger partial charge in [0.2, 0.25) is 0 Å². The van der Waals surface area contributed by atoms with Crippen LogP contribution >= 0.6 is 12.6 Å². The van der Waals surface area contributed by atoms with Gasteiger partial charge in [-0.1, -0.05) is 31.9 Å². The molecule has 0 radical (unpaired) electrons. The van der Waals surface area contributed by atoms with Crippen molar-refractivity contribution >= 4 is 17.9 Å². The number of hydrogen-bond acceptors (Lipinski definition) is 2. The molecule has 11 heavy (non-hydrogen) atoms. The molecule has 1 aliphatic carbocycles. The Labute approximate surface area is 72.7 Å². The van der Waals surface area contributed by atoms with Crippen LogP contribution in [0.3, 0.4) is 0 Å². The first kappa shape index (κ1) is 8.91. The molecule has 3 heteroatoms. The van der Waals surface area contributed by atoms with Crippen molar-refractivity contribution in [2.45, 2.75) is 32.1 Å². The van der Waals surface area contributed by atoms with Crippen LogP contribution in [0.4, 0.5) is 4.79 Å². The summed E-state index contributed by atoms with van der Waals surface area (Å²) in [7, 11) is 0. The molecular formula is C8H14O2S. The predicted molar refractivity (Wildman–Crippen MR) is 46.9 cm³/mol. The molecule has 0 aromatic carbocycles. The second kappa shape index (κ2) is 4.65. The van der Waals surface area contributed by atoms with Gasteiger partial charge < -0.3 is 4.74 Å². The number of hydrogen-bond donors (Lipinski definition) is 1. The maximum atomic E-state index is 10.3. The predicted octanol–water partition coefficient (Wildman–Crippen LogP) is 2.63. The van der Waals surface area contributed by atoms with Gasteiger partial charge >= 0.3 is 5.30 Å². The molecule has 0 spiro atoms. The molecule has 0 amide bonds. The van der Waals surface area contributed by atoms with E-state index in [0.29, 0.717) is 12.5 Å². The normalized spacial score (nSPS) is 19.7. The fourth-order valence-electron chi connectivity index (χ4n) is 1.54. The van der Waals surface area contributed by atoms with Gasteiger partial charge in [0.05, 0.1) is 6.61 Å². The molecule has 0 N–H and O–H groups in total. The molecular weight excluding hydrogens is 160 g/mol. The van der Waals surface area contributed by atoms with Crippen LogP contribution in [0.2, 0.25) is 0 Å². The van der Waals surface area contributed by atoms with Gasteiger partial charge in [-0.25, -0.2) is 4.79 Å². The number of rotatable bonds is 2. The van der Waals surface area contributed by atoms with Crippen molar-refractivity contribution in [3.63, 3.8) is 0 Å². The largest absolute Gasteiger partial charge is 0.457 e. The number of ether oxygens (including phenoxy) is 1. The lowest BCUT2D eigenvalue weighted by Gasteiger charge is -2.20. The lowest BCUT2D eigenvalue weighted by Crippen LogP contribution is -2.13. The van der Waals surface area contributed by atoms with Gasteiger partial charge in [0.25, 0.3) is 0 Å². The Morgan fingerprint density at radius 2 is 2.00 bits per heavy atom. The topological polar surface area (TPSA) is 26.3 Å². The zero-order chi connectivity index (χ0) is 8.10. The van der Waals surface area contributed by atoms with E-state index in [0.717, 1.165) is 0 Å². The van der Waals surface area contributed by atoms with E-state index >= 15 is 0 Å². The number of carbonyl (C=O) groups is 1. The van der Waals surface area contributed by atoms with Gasteiger partial charge in [0, 0.05) is 0 Å². The molecule has 0 atom stereocenters. The second-order valence-corrected chi connectivity index (χ2v) is 3.45. The van der Waals surface area contributed by atoms with Crippen molar-refractivity contribution in [1.82, 2.24) is 0 Å². The molecule has 1 rings (SSSR count). The molecule has 0 aromatic rings. The van der Waals surface area contributed by atoms with Crippen molar-refractivity contribution in [2.24, 2.45) is 5.92 Å². The minimum absolute atomic E-state index is 0.449. The van der Waals surface area contributed by atoms with E-state index in [1.807, 2.05) is 0 Å². The Hall–Kier alpha value is -0.180. The fraction of sp³-hybridized carbons (Fsp3) is 0.875. The summed E-state index contributed by atoms with van der Waals surface area (Å²) in [4.78, 5) is 10.3. The van der Waals surface area contributed by atoms with Crippen LogP contribution in [0.25, 0.3) is 0 Å². The minimum atomic E-state index is -0.449. The molecule has 0 unspecified atom stereocenters. The van der Waals surface area contributed by atoms with Crippen LogP contribution in [0.15, 0.2) is 0 Å². The van der Waals surface area contributed by atoms with Crippen LogP contribution in [0.5, 0.6) is 0 Å². The molecule has 1 saturated carbocycles. The summed E-state index contributed by atoms with van der Waals surface area (Å²) in [6, 6.07) is 0. The molecule has 0 saturated heterocycles. The highest BCUT2D eigenvalue weighted by Gasteiger charge is 2.14. The Morgan fingerprint density at radius 3 is 2.55 bits per heavy atom. The average molecular weight is 174 g/mol. The maximum Gasteiger partial charge on any atom is 0.364 e. The molecule has 64 valence electrons. The summed E-state index contributed by atoms with van der Waals surface area (Å²) in [5.74, 6) is 0.597. The van der Waals surface area contributed by atoms with E-state index < -0.39 is 5.30 Å². The van der Waals surface area contributed by atoms with Crippen molar-refractivity contribution in [3.8, 4) is 0 Å². The fourth-order valence-corrected chi connectivity index (χ4v) is 1.62. The van der Waals surface area contributed by atoms with Gasteiger partial charge in [-0.15, -0.1) is 0 Å².